The molecule has 0 aromatic rings. The molecule has 9 heteroatoms. The van der Waals surface area contributed by atoms with Gasteiger partial charge in [0.25, 0.3) is 0 Å². The molecule has 0 aliphatic rings. The zero-order valence-electron chi connectivity index (χ0n) is 30.6. The molecular weight excluding hydrogens is 627 g/mol. The number of hydrogen-bond donors (Lipinski definition) is 2. The van der Waals surface area contributed by atoms with Crippen molar-refractivity contribution in [2.75, 3.05) is 13.2 Å². The van der Waals surface area contributed by atoms with Crippen LogP contribution >= 0.6 is 7.82 Å². The SMILES string of the molecule is CCCCCC/C=C/CCCCCCCCCC(=O)O[C@H](COC(=O)/C=C/C=C/CCCCCCCCCCCCC)COP(=O)(O)O. The Balaban J connectivity index is 4.06. The molecule has 0 saturated heterocycles. The van der Waals surface area contributed by atoms with Crippen LogP contribution in [-0.2, 0) is 28.2 Å². The molecule has 1 atom stereocenters. The molecule has 0 radical (unpaired) electrons. The maximum atomic E-state index is 12.3. The first-order chi connectivity index (χ1) is 23.3. The van der Waals surface area contributed by atoms with Crippen LogP contribution < -0.4 is 0 Å². The average Bonchev–Trinajstić information content (AvgIpc) is 3.05. The molecule has 0 aliphatic carbocycles. The van der Waals surface area contributed by atoms with E-state index in [1.54, 1.807) is 12.2 Å². The van der Waals surface area contributed by atoms with Crippen LogP contribution in [0, 0.1) is 0 Å². The van der Waals surface area contributed by atoms with Crippen LogP contribution in [0.5, 0.6) is 0 Å². The number of esters is 2. The van der Waals surface area contributed by atoms with Gasteiger partial charge in [-0.05, 0) is 44.9 Å². The van der Waals surface area contributed by atoms with Gasteiger partial charge in [0, 0.05) is 12.5 Å². The van der Waals surface area contributed by atoms with Gasteiger partial charge in [-0.3, -0.25) is 9.32 Å². The van der Waals surface area contributed by atoms with E-state index in [0.29, 0.717) is 6.42 Å². The summed E-state index contributed by atoms with van der Waals surface area (Å²) >= 11 is 0. The summed E-state index contributed by atoms with van der Waals surface area (Å²) in [5.74, 6) is -1.14. The molecule has 280 valence electrons. The van der Waals surface area contributed by atoms with Gasteiger partial charge in [0.15, 0.2) is 6.10 Å². The van der Waals surface area contributed by atoms with E-state index in [4.69, 9.17) is 19.3 Å². The van der Waals surface area contributed by atoms with E-state index in [1.807, 2.05) is 6.08 Å². The van der Waals surface area contributed by atoms with E-state index in [1.165, 1.54) is 122 Å². The van der Waals surface area contributed by atoms with Crippen LogP contribution in [0.2, 0.25) is 0 Å². The summed E-state index contributed by atoms with van der Waals surface area (Å²) in [5.41, 5.74) is 0. The summed E-state index contributed by atoms with van der Waals surface area (Å²) in [6.45, 7) is 3.56. The van der Waals surface area contributed by atoms with Crippen molar-refractivity contribution in [2.45, 2.75) is 187 Å². The van der Waals surface area contributed by atoms with Crippen molar-refractivity contribution in [3.63, 3.8) is 0 Å². The lowest BCUT2D eigenvalue weighted by molar-refractivity contribution is -0.159. The minimum Gasteiger partial charge on any atom is -0.458 e. The van der Waals surface area contributed by atoms with Crippen molar-refractivity contribution in [3.8, 4) is 0 Å². The molecule has 0 bridgehead atoms. The standard InChI is InChI=1S/C39H71O8P/c1-3-5-7-9-11-13-15-17-19-21-23-25-27-29-31-33-38(40)45-35-37(36-46-48(42,43)44)47-39(41)34-32-30-28-26-24-22-20-18-16-14-12-10-8-6-4-2/h14,16,27,29,31,33,37H,3-13,15,17-26,28,30,32,34-36H2,1-2H3,(H2,42,43,44)/b16-14+,29-27+,33-31+/t37-/m1/s1. The first kappa shape index (κ1) is 46.3. The smallest absolute Gasteiger partial charge is 0.458 e. The molecular formula is C39H71O8P. The maximum absolute atomic E-state index is 12.3. The van der Waals surface area contributed by atoms with Crippen LogP contribution in [0.1, 0.15) is 181 Å². The van der Waals surface area contributed by atoms with Gasteiger partial charge in [0.05, 0.1) is 6.61 Å². The lowest BCUT2D eigenvalue weighted by atomic mass is 10.1. The number of phosphoric acid groups is 1. The Morgan fingerprint density at radius 3 is 1.52 bits per heavy atom. The molecule has 0 rings (SSSR count). The van der Waals surface area contributed by atoms with E-state index >= 15 is 0 Å². The van der Waals surface area contributed by atoms with Crippen molar-refractivity contribution in [3.05, 3.63) is 36.5 Å². The quantitative estimate of drug-likeness (QED) is 0.0168. The third kappa shape index (κ3) is 37.1. The van der Waals surface area contributed by atoms with Crippen molar-refractivity contribution in [2.24, 2.45) is 0 Å². The van der Waals surface area contributed by atoms with Gasteiger partial charge in [0.2, 0.25) is 0 Å². The lowest BCUT2D eigenvalue weighted by Gasteiger charge is -2.18. The average molecular weight is 699 g/mol. The highest BCUT2D eigenvalue weighted by atomic mass is 31.2. The second kappa shape index (κ2) is 35.1. The number of allylic oxidation sites excluding steroid dienone is 5. The third-order valence-corrected chi connectivity index (χ3v) is 8.72. The number of ether oxygens (including phenoxy) is 2. The molecule has 0 spiro atoms. The van der Waals surface area contributed by atoms with Crippen molar-refractivity contribution in [1.82, 2.24) is 0 Å². The Morgan fingerprint density at radius 1 is 0.583 bits per heavy atom. The highest BCUT2D eigenvalue weighted by Gasteiger charge is 2.22. The Labute approximate surface area is 293 Å². The minimum atomic E-state index is -4.77. The summed E-state index contributed by atoms with van der Waals surface area (Å²) in [4.78, 5) is 42.6. The maximum Gasteiger partial charge on any atom is 0.469 e. The van der Waals surface area contributed by atoms with Gasteiger partial charge >= 0.3 is 19.8 Å². The van der Waals surface area contributed by atoms with E-state index in [9.17, 15) is 14.2 Å². The predicted molar refractivity (Wildman–Crippen MR) is 198 cm³/mol. The number of hydrogen-bond acceptors (Lipinski definition) is 6. The summed E-state index contributed by atoms with van der Waals surface area (Å²) < 4.78 is 26.1. The zero-order valence-corrected chi connectivity index (χ0v) is 31.5. The molecule has 0 saturated carbocycles. The molecule has 0 amide bonds. The van der Waals surface area contributed by atoms with Crippen LogP contribution in [0.15, 0.2) is 36.5 Å². The van der Waals surface area contributed by atoms with Crippen molar-refractivity contribution in [1.29, 1.82) is 0 Å². The zero-order chi connectivity index (χ0) is 35.4. The number of carbonyl (C=O) groups excluding carboxylic acids is 2. The van der Waals surface area contributed by atoms with E-state index in [-0.39, 0.29) is 13.0 Å². The molecule has 2 N–H and O–H groups in total. The number of carbonyl (C=O) groups is 2. The monoisotopic (exact) mass is 698 g/mol. The Morgan fingerprint density at radius 2 is 1.02 bits per heavy atom. The molecule has 0 aliphatic heterocycles. The summed E-state index contributed by atoms with van der Waals surface area (Å²) in [7, 11) is -4.77. The molecule has 8 nitrogen and oxygen atoms in total. The fourth-order valence-electron chi connectivity index (χ4n) is 5.34. The normalized spacial score (nSPS) is 12.8. The second-order valence-electron chi connectivity index (χ2n) is 13.0. The fourth-order valence-corrected chi connectivity index (χ4v) is 5.70. The van der Waals surface area contributed by atoms with Crippen LogP contribution in [0.25, 0.3) is 0 Å². The topological polar surface area (TPSA) is 119 Å². The molecule has 0 aromatic carbocycles. The largest absolute Gasteiger partial charge is 0.469 e. The Bertz CT molecular complexity index is 879. The molecule has 0 aromatic heterocycles. The first-order valence-corrected chi connectivity index (χ1v) is 20.9. The van der Waals surface area contributed by atoms with E-state index < -0.39 is 32.5 Å². The Hall–Kier alpha value is -1.73. The van der Waals surface area contributed by atoms with Crippen LogP contribution in [0.4, 0.5) is 0 Å². The molecule has 48 heavy (non-hydrogen) atoms. The third-order valence-electron chi connectivity index (χ3n) is 8.23. The summed E-state index contributed by atoms with van der Waals surface area (Å²) in [6.07, 6.45) is 40.6. The van der Waals surface area contributed by atoms with Gasteiger partial charge in [-0.25, -0.2) is 9.36 Å². The summed E-state index contributed by atoms with van der Waals surface area (Å²) in [5, 5.41) is 0. The first-order valence-electron chi connectivity index (χ1n) is 19.3. The van der Waals surface area contributed by atoms with E-state index in [2.05, 4.69) is 30.5 Å². The number of phosphoric ester groups is 1. The lowest BCUT2D eigenvalue weighted by Crippen LogP contribution is -2.29. The van der Waals surface area contributed by atoms with Gasteiger partial charge in [-0.2, -0.15) is 0 Å². The number of unbranched alkanes of at least 4 members (excludes halogenated alkanes) is 22. The van der Waals surface area contributed by atoms with Crippen LogP contribution in [0.3, 0.4) is 0 Å². The van der Waals surface area contributed by atoms with Crippen molar-refractivity contribution < 1.29 is 37.9 Å². The van der Waals surface area contributed by atoms with Crippen molar-refractivity contribution >= 4 is 19.8 Å². The van der Waals surface area contributed by atoms with Gasteiger partial charge < -0.3 is 19.3 Å². The van der Waals surface area contributed by atoms with Gasteiger partial charge in [0.1, 0.15) is 6.61 Å². The van der Waals surface area contributed by atoms with Gasteiger partial charge in [-0.15, -0.1) is 0 Å². The highest BCUT2D eigenvalue weighted by molar-refractivity contribution is 7.46. The number of rotatable bonds is 35. The van der Waals surface area contributed by atoms with E-state index in [0.717, 1.165) is 38.5 Å². The van der Waals surface area contributed by atoms with Crippen LogP contribution in [-0.4, -0.2) is 41.0 Å². The minimum absolute atomic E-state index is 0.188. The second-order valence-corrected chi connectivity index (χ2v) is 14.2. The molecule has 0 unspecified atom stereocenters. The predicted octanol–water partition coefficient (Wildman–Crippen LogP) is 11.4. The summed E-state index contributed by atoms with van der Waals surface area (Å²) in [6, 6.07) is 0. The molecule has 0 heterocycles. The molecule has 0 fully saturated rings. The fraction of sp³-hybridized carbons (Fsp3) is 0.795. The Kier molecular flexibility index (Phi) is 33.8. The highest BCUT2D eigenvalue weighted by Crippen LogP contribution is 2.35. The van der Waals surface area contributed by atoms with Gasteiger partial charge in [-0.1, -0.05) is 160 Å².